The maximum absolute atomic E-state index is 12.2. The third-order valence-electron chi connectivity index (χ3n) is 4.75. The molecule has 0 amide bonds. The highest BCUT2D eigenvalue weighted by Gasteiger charge is 2.30. The van der Waals surface area contributed by atoms with E-state index < -0.39 is 0 Å². The van der Waals surface area contributed by atoms with E-state index in [9.17, 15) is 4.79 Å². The Kier molecular flexibility index (Phi) is 5.68. The van der Waals surface area contributed by atoms with Crippen LogP contribution >= 0.6 is 11.8 Å². The van der Waals surface area contributed by atoms with Gasteiger partial charge in [-0.3, -0.25) is 4.79 Å². The van der Waals surface area contributed by atoms with Crippen molar-refractivity contribution in [2.45, 2.75) is 43.3 Å². The molecule has 0 saturated heterocycles. The fourth-order valence-electron chi connectivity index (χ4n) is 3.13. The van der Waals surface area contributed by atoms with Crippen LogP contribution in [0.2, 0.25) is 0 Å². The van der Waals surface area contributed by atoms with Crippen molar-refractivity contribution >= 4 is 17.5 Å². The van der Waals surface area contributed by atoms with Crippen LogP contribution in [-0.2, 0) is 6.54 Å². The summed E-state index contributed by atoms with van der Waals surface area (Å²) >= 11 is 1.71. The molecule has 27 heavy (non-hydrogen) atoms. The fraction of sp³-hybridized carbons (Fsp3) is 0.318. The highest BCUT2D eigenvalue weighted by molar-refractivity contribution is 7.99. The molecule has 0 atom stereocenters. The first-order valence-electron chi connectivity index (χ1n) is 9.49. The summed E-state index contributed by atoms with van der Waals surface area (Å²) in [6.45, 7) is 0.810. The number of carbonyl (C=O) groups is 1. The zero-order chi connectivity index (χ0) is 18.5. The zero-order valence-corrected chi connectivity index (χ0v) is 16.1. The Balaban J connectivity index is 1.36. The molecule has 4 rings (SSSR count). The maximum Gasteiger partial charge on any atom is 0.191 e. The van der Waals surface area contributed by atoms with Crippen molar-refractivity contribution < 1.29 is 4.79 Å². The summed E-state index contributed by atoms with van der Waals surface area (Å²) in [6.07, 6.45) is 3.83. The van der Waals surface area contributed by atoms with Crippen LogP contribution in [0.3, 0.4) is 0 Å². The predicted molar refractivity (Wildman–Crippen MR) is 108 cm³/mol. The number of hydrogen-bond acceptors (Lipinski definition) is 4. The van der Waals surface area contributed by atoms with Crippen molar-refractivity contribution in [1.82, 2.24) is 14.8 Å². The number of rotatable bonds is 9. The van der Waals surface area contributed by atoms with Gasteiger partial charge in [0.25, 0.3) is 0 Å². The van der Waals surface area contributed by atoms with Gasteiger partial charge in [-0.15, -0.1) is 10.2 Å². The lowest BCUT2D eigenvalue weighted by Crippen LogP contribution is -2.06. The number of nitrogens with zero attached hydrogens (tertiary/aromatic N) is 3. The van der Waals surface area contributed by atoms with E-state index in [0.29, 0.717) is 12.3 Å². The highest BCUT2D eigenvalue weighted by atomic mass is 32.2. The first-order valence-corrected chi connectivity index (χ1v) is 10.5. The molecule has 5 heteroatoms. The van der Waals surface area contributed by atoms with Gasteiger partial charge in [-0.25, -0.2) is 0 Å². The average molecular weight is 378 g/mol. The van der Waals surface area contributed by atoms with E-state index in [1.807, 2.05) is 36.4 Å². The molecular formula is C22H23N3OS. The number of ketones is 1. The molecule has 0 aliphatic heterocycles. The molecule has 4 nitrogen and oxygen atoms in total. The lowest BCUT2D eigenvalue weighted by Gasteiger charge is -2.10. The molecule has 138 valence electrons. The molecule has 1 aromatic heterocycles. The van der Waals surface area contributed by atoms with Crippen molar-refractivity contribution in [2.75, 3.05) is 5.75 Å². The van der Waals surface area contributed by atoms with E-state index in [2.05, 4.69) is 39.0 Å². The van der Waals surface area contributed by atoms with E-state index in [1.54, 1.807) is 11.8 Å². The van der Waals surface area contributed by atoms with Crippen LogP contribution in [0, 0.1) is 0 Å². The van der Waals surface area contributed by atoms with Crippen molar-refractivity contribution in [2.24, 2.45) is 0 Å². The van der Waals surface area contributed by atoms with Gasteiger partial charge in [-0.2, -0.15) is 0 Å². The zero-order valence-electron chi connectivity index (χ0n) is 15.3. The van der Waals surface area contributed by atoms with E-state index in [4.69, 9.17) is 0 Å². The van der Waals surface area contributed by atoms with Crippen LogP contribution in [-0.4, -0.2) is 26.3 Å². The van der Waals surface area contributed by atoms with E-state index in [0.717, 1.165) is 35.3 Å². The minimum atomic E-state index is 0.209. The summed E-state index contributed by atoms with van der Waals surface area (Å²) in [5.74, 6) is 2.76. The summed E-state index contributed by atoms with van der Waals surface area (Å²) in [6, 6.07) is 20.0. The van der Waals surface area contributed by atoms with Crippen LogP contribution in [0.4, 0.5) is 0 Å². The molecule has 0 N–H and O–H groups in total. The number of hydrogen-bond donors (Lipinski definition) is 0. The lowest BCUT2D eigenvalue weighted by molar-refractivity contribution is 0.0982. The summed E-state index contributed by atoms with van der Waals surface area (Å²) < 4.78 is 2.26. The topological polar surface area (TPSA) is 47.8 Å². The van der Waals surface area contributed by atoms with E-state index >= 15 is 0 Å². The summed E-state index contributed by atoms with van der Waals surface area (Å²) in [5.41, 5.74) is 2.06. The Labute approximate surface area is 164 Å². The highest BCUT2D eigenvalue weighted by Crippen LogP contribution is 2.40. The molecule has 2 aromatic carbocycles. The van der Waals surface area contributed by atoms with Crippen molar-refractivity contribution in [3.05, 3.63) is 77.6 Å². The van der Waals surface area contributed by atoms with Gasteiger partial charge in [0, 0.05) is 23.7 Å². The van der Waals surface area contributed by atoms with Gasteiger partial charge in [0.15, 0.2) is 10.9 Å². The molecule has 1 heterocycles. The third-order valence-corrected chi connectivity index (χ3v) is 5.80. The minimum Gasteiger partial charge on any atom is -0.301 e. The minimum absolute atomic E-state index is 0.209. The van der Waals surface area contributed by atoms with Crippen LogP contribution < -0.4 is 0 Å². The second kappa shape index (κ2) is 8.53. The molecule has 1 saturated carbocycles. The fourth-order valence-corrected chi connectivity index (χ4v) is 4.01. The van der Waals surface area contributed by atoms with Crippen LogP contribution in [0.5, 0.6) is 0 Å². The number of aromatic nitrogens is 3. The lowest BCUT2D eigenvalue weighted by atomic mass is 10.1. The maximum atomic E-state index is 12.2. The number of carbonyl (C=O) groups excluding carboxylic acids is 1. The van der Waals surface area contributed by atoms with Crippen molar-refractivity contribution in [3.63, 3.8) is 0 Å². The van der Waals surface area contributed by atoms with Gasteiger partial charge < -0.3 is 4.57 Å². The van der Waals surface area contributed by atoms with Gasteiger partial charge in [-0.05, 0) is 24.8 Å². The molecule has 1 aliphatic rings. The SMILES string of the molecule is O=C(CCCSc1nnc(C2CC2)n1Cc1ccccc1)c1ccccc1. The Bertz CT molecular complexity index is 888. The molecule has 0 bridgehead atoms. The molecule has 0 spiro atoms. The standard InChI is InChI=1S/C22H23N3OS/c26-20(18-10-5-2-6-11-18)12-7-15-27-22-24-23-21(19-13-14-19)25(22)16-17-8-3-1-4-9-17/h1-6,8-11,19H,7,12-16H2. The van der Waals surface area contributed by atoms with Crippen LogP contribution in [0.25, 0.3) is 0 Å². The average Bonchev–Trinajstić information content (AvgIpc) is 3.49. The summed E-state index contributed by atoms with van der Waals surface area (Å²) in [5, 5.41) is 9.87. The molecule has 0 radical (unpaired) electrons. The number of benzene rings is 2. The predicted octanol–water partition coefficient (Wildman–Crippen LogP) is 4.96. The Morgan fingerprint density at radius 1 is 1.00 bits per heavy atom. The number of thioether (sulfide) groups is 1. The van der Waals surface area contributed by atoms with Gasteiger partial charge in [-0.1, -0.05) is 72.4 Å². The Hall–Kier alpha value is -2.40. The van der Waals surface area contributed by atoms with E-state index in [-0.39, 0.29) is 5.78 Å². The second-order valence-corrected chi connectivity index (χ2v) is 7.99. The number of Topliss-reactive ketones (excluding diaryl/α,β-unsaturated/α-hetero) is 1. The smallest absolute Gasteiger partial charge is 0.191 e. The first kappa shape index (κ1) is 18.0. The van der Waals surface area contributed by atoms with E-state index in [1.165, 1.54) is 18.4 Å². The van der Waals surface area contributed by atoms with Gasteiger partial charge in [0.05, 0.1) is 6.54 Å². The van der Waals surface area contributed by atoms with Crippen LogP contribution in [0.1, 0.15) is 53.3 Å². The molecular weight excluding hydrogens is 354 g/mol. The molecule has 3 aromatic rings. The second-order valence-electron chi connectivity index (χ2n) is 6.93. The van der Waals surface area contributed by atoms with Gasteiger partial charge in [0.2, 0.25) is 0 Å². The van der Waals surface area contributed by atoms with Crippen molar-refractivity contribution in [1.29, 1.82) is 0 Å². The largest absolute Gasteiger partial charge is 0.301 e. The molecule has 0 unspecified atom stereocenters. The van der Waals surface area contributed by atoms with Crippen molar-refractivity contribution in [3.8, 4) is 0 Å². The monoisotopic (exact) mass is 377 g/mol. The first-order chi connectivity index (χ1) is 13.3. The molecule has 1 fully saturated rings. The third kappa shape index (κ3) is 4.66. The van der Waals surface area contributed by atoms with Crippen LogP contribution in [0.15, 0.2) is 65.8 Å². The van der Waals surface area contributed by atoms with Gasteiger partial charge in [0.1, 0.15) is 5.82 Å². The normalized spacial score (nSPS) is 13.6. The summed E-state index contributed by atoms with van der Waals surface area (Å²) in [4.78, 5) is 12.2. The summed E-state index contributed by atoms with van der Waals surface area (Å²) in [7, 11) is 0. The quantitative estimate of drug-likeness (QED) is 0.300. The Morgan fingerprint density at radius 3 is 2.41 bits per heavy atom. The van der Waals surface area contributed by atoms with Gasteiger partial charge >= 0.3 is 0 Å². The molecule has 1 aliphatic carbocycles. The Morgan fingerprint density at radius 2 is 1.70 bits per heavy atom.